The van der Waals surface area contributed by atoms with Crippen molar-refractivity contribution in [1.82, 2.24) is 0 Å². The lowest BCUT2D eigenvalue weighted by Gasteiger charge is -2.51. The lowest BCUT2D eigenvalue weighted by molar-refractivity contribution is 1.28. The minimum Gasteiger partial charge on any atom is -0.349 e. The molecule has 7 heteroatoms. The molecular weight excluding hydrogens is 1050 g/mol. The molecule has 0 aromatic heterocycles. The van der Waals surface area contributed by atoms with Crippen LogP contribution in [-0.2, 0) is 0 Å². The first kappa shape index (κ1) is 54.2. The van der Waals surface area contributed by atoms with Crippen LogP contribution in [-0.4, -0.2) is 22.5 Å². The molecule has 2 unspecified atom stereocenters. The molecule has 12 aromatic rings. The summed E-state index contributed by atoms with van der Waals surface area (Å²) in [6.07, 6.45) is 0. The molecule has 0 aliphatic heterocycles. The number of para-hydroxylation sites is 6. The number of nitrogens with two attached hydrogens (primary N) is 1. The van der Waals surface area contributed by atoms with Gasteiger partial charge >= 0.3 is 0 Å². The zero-order chi connectivity index (χ0) is 56.8. The Morgan fingerprint density at radius 1 is 0.217 bits per heavy atom. The van der Waals surface area contributed by atoms with Crippen LogP contribution in [0.25, 0.3) is 33.4 Å². The second-order valence-corrected chi connectivity index (χ2v) is 46.4. The maximum Gasteiger partial charge on any atom is 0.144 e. The summed E-state index contributed by atoms with van der Waals surface area (Å²) >= 11 is 0. The van der Waals surface area contributed by atoms with Gasteiger partial charge in [-0.05, 0) is 148 Å². The van der Waals surface area contributed by atoms with Crippen molar-refractivity contribution in [3.63, 3.8) is 0 Å². The molecule has 0 aliphatic carbocycles. The fourth-order valence-corrected chi connectivity index (χ4v) is 46.3. The number of hydrogen-bond acceptors (Lipinski definition) is 4. The first-order valence-electron chi connectivity index (χ1n) is 28.7. The number of nitrogens with zero attached hydrogens (tertiary/aromatic N) is 3. The smallest absolute Gasteiger partial charge is 0.144 e. The zero-order valence-electron chi connectivity index (χ0n) is 47.6. The van der Waals surface area contributed by atoms with Crippen LogP contribution in [0.4, 0.5) is 51.2 Å². The van der Waals surface area contributed by atoms with Gasteiger partial charge in [-0.3, -0.25) is 0 Å². The Morgan fingerprint density at radius 2 is 0.446 bits per heavy atom. The van der Waals surface area contributed by atoms with Crippen molar-refractivity contribution in [2.24, 2.45) is 5.40 Å². The highest BCUT2D eigenvalue weighted by molar-refractivity contribution is 7.76. The second-order valence-electron chi connectivity index (χ2n) is 22.4. The Kier molecular flexibility index (Phi) is 15.4. The average molecular weight is 1120 g/mol. The SMILES string of the molecule is C[Si](C)(c1ccc(-c2cccc(N(c3ccccc3)c3ccccc3)c2)cc1)[Si](C)(c1ccc(-c2cccc(N(c3ccccc3)c3ccccc3)c2)cc1)[Si](C)(N)c1ccc(-c2cccc(N(c3ccccc3)c3ccccc3)c2)cc1. The maximum atomic E-state index is 8.35. The van der Waals surface area contributed by atoms with E-state index in [4.69, 9.17) is 5.40 Å². The summed E-state index contributed by atoms with van der Waals surface area (Å²) in [4.78, 5) is 6.99. The fraction of sp³-hybridized carbons (Fsp3) is 0.0526. The summed E-state index contributed by atoms with van der Waals surface area (Å²) in [6.45, 7) is 10.3. The van der Waals surface area contributed by atoms with Crippen LogP contribution in [0.5, 0.6) is 0 Å². The van der Waals surface area contributed by atoms with E-state index in [0.717, 1.165) is 56.7 Å². The predicted octanol–water partition coefficient (Wildman–Crippen LogP) is 18.6. The molecule has 0 aliphatic rings. The van der Waals surface area contributed by atoms with Crippen molar-refractivity contribution in [2.75, 3.05) is 14.7 Å². The molecular formula is C76H68N4Si3. The molecule has 0 bridgehead atoms. The van der Waals surface area contributed by atoms with Gasteiger partial charge in [-0.2, -0.15) is 0 Å². The van der Waals surface area contributed by atoms with Crippen molar-refractivity contribution in [2.45, 2.75) is 26.2 Å². The van der Waals surface area contributed by atoms with Gasteiger partial charge in [-0.15, -0.1) is 0 Å². The van der Waals surface area contributed by atoms with E-state index in [9.17, 15) is 0 Å². The first-order valence-corrected chi connectivity index (χ1v) is 38.8. The van der Waals surface area contributed by atoms with Crippen LogP contribution in [0, 0.1) is 0 Å². The van der Waals surface area contributed by atoms with Gasteiger partial charge < -0.3 is 20.1 Å². The molecule has 0 fully saturated rings. The van der Waals surface area contributed by atoms with Crippen LogP contribution in [0.15, 0.2) is 328 Å². The molecule has 0 spiro atoms. The van der Waals surface area contributed by atoms with Crippen LogP contribution in [0.1, 0.15) is 0 Å². The van der Waals surface area contributed by atoms with E-state index in [1.807, 2.05) is 0 Å². The summed E-state index contributed by atoms with van der Waals surface area (Å²) in [7, 11) is -7.91. The normalized spacial score (nSPS) is 12.8. The van der Waals surface area contributed by atoms with Crippen molar-refractivity contribution < 1.29 is 0 Å². The summed E-state index contributed by atoms with van der Waals surface area (Å²) < 4.78 is 0. The molecule has 12 aromatic carbocycles. The lowest BCUT2D eigenvalue weighted by Crippen LogP contribution is -2.89. The number of rotatable bonds is 17. The predicted molar refractivity (Wildman–Crippen MR) is 363 cm³/mol. The van der Waals surface area contributed by atoms with Gasteiger partial charge in [0.15, 0.2) is 0 Å². The molecule has 0 saturated carbocycles. The summed E-state index contributed by atoms with van der Waals surface area (Å²) in [5, 5.41) is 12.5. The van der Waals surface area contributed by atoms with E-state index in [1.54, 1.807) is 0 Å². The third-order valence-corrected chi connectivity index (χ3v) is 54.1. The molecule has 0 heterocycles. The molecule has 2 N–H and O–H groups in total. The van der Waals surface area contributed by atoms with Crippen molar-refractivity contribution in [1.29, 1.82) is 0 Å². The molecule has 0 radical (unpaired) electrons. The van der Waals surface area contributed by atoms with Crippen LogP contribution < -0.4 is 35.7 Å². The van der Waals surface area contributed by atoms with Gasteiger partial charge in [0.25, 0.3) is 0 Å². The fourth-order valence-electron chi connectivity index (χ4n) is 12.2. The van der Waals surface area contributed by atoms with Gasteiger partial charge in [0.1, 0.15) is 7.75 Å². The highest BCUT2D eigenvalue weighted by Crippen LogP contribution is 2.40. The number of benzene rings is 12. The number of hydrogen-bond donors (Lipinski definition) is 1. The number of anilines is 9. The lowest BCUT2D eigenvalue weighted by atomic mass is 10.0. The van der Waals surface area contributed by atoms with E-state index in [0.29, 0.717) is 0 Å². The monoisotopic (exact) mass is 1120 g/mol. The molecule has 83 heavy (non-hydrogen) atoms. The van der Waals surface area contributed by atoms with Gasteiger partial charge in [0.05, 0.1) is 14.7 Å². The average Bonchev–Trinajstić information content (AvgIpc) is 3.68. The highest BCUT2D eigenvalue weighted by atomic mass is 29.6. The van der Waals surface area contributed by atoms with Gasteiger partial charge in [0, 0.05) is 51.2 Å². The van der Waals surface area contributed by atoms with Gasteiger partial charge in [-0.25, -0.2) is 0 Å². The Bertz CT molecular complexity index is 3770. The summed E-state index contributed by atoms with van der Waals surface area (Å²) in [6, 6.07) is 119. The van der Waals surface area contributed by atoms with E-state index in [-0.39, 0.29) is 0 Å². The molecule has 0 saturated heterocycles. The molecule has 12 rings (SSSR count). The minimum absolute atomic E-state index is 1.11. The minimum atomic E-state index is -2.81. The van der Waals surface area contributed by atoms with Crippen LogP contribution in [0.2, 0.25) is 26.2 Å². The van der Waals surface area contributed by atoms with Crippen molar-refractivity contribution in [3.05, 3.63) is 328 Å². The standard InChI is InChI=1S/C76H68N4Si3/c1-81(2,74-50-44-59(45-51-74)62-26-23-41-71(56-62)78(65-29-11-5-12-30-65)66-31-13-6-14-32-66)83(4,76-54-48-61(49-55-76)64-28-25-43-73(58-64)80(69-37-19-9-20-38-69)70-39-21-10-22-40-70)82(3,77)75-52-46-60(47-53-75)63-27-24-42-72(57-63)79(67-33-15-7-16-34-67)68-35-17-8-18-36-68/h5-58H,77H2,1-4H3. The van der Waals surface area contributed by atoms with E-state index in [1.165, 1.54) is 43.4 Å². The molecule has 404 valence electrons. The Labute approximate surface area is 493 Å². The highest BCUT2D eigenvalue weighted by Gasteiger charge is 2.59. The van der Waals surface area contributed by atoms with Gasteiger partial charge in [-0.1, -0.05) is 255 Å². The summed E-state index contributed by atoms with van der Waals surface area (Å²) in [5.41, 5.74) is 17.1. The Morgan fingerprint density at radius 3 is 0.711 bits per heavy atom. The molecule has 2 atom stereocenters. The molecule has 4 nitrogen and oxygen atoms in total. The largest absolute Gasteiger partial charge is 0.349 e. The zero-order valence-corrected chi connectivity index (χ0v) is 50.6. The van der Waals surface area contributed by atoms with Crippen molar-refractivity contribution >= 4 is 89.2 Å². The third-order valence-electron chi connectivity index (χ3n) is 17.2. The quantitative estimate of drug-likeness (QED) is 0.0922. The van der Waals surface area contributed by atoms with E-state index >= 15 is 0 Å². The van der Waals surface area contributed by atoms with Gasteiger partial charge in [0.2, 0.25) is 0 Å². The molecule has 0 amide bonds. The van der Waals surface area contributed by atoms with E-state index in [2.05, 4.69) is 368 Å². The first-order chi connectivity index (χ1) is 40.6. The van der Waals surface area contributed by atoms with Crippen LogP contribution in [0.3, 0.4) is 0 Å². The second kappa shape index (κ2) is 23.6. The van der Waals surface area contributed by atoms with Crippen molar-refractivity contribution in [3.8, 4) is 33.4 Å². The van der Waals surface area contributed by atoms with Crippen LogP contribution >= 0.6 is 0 Å². The topological polar surface area (TPSA) is 35.7 Å². The third kappa shape index (κ3) is 10.9. The summed E-state index contributed by atoms with van der Waals surface area (Å²) in [5.74, 6) is 0. The Hall–Kier alpha value is -9.35. The Balaban J connectivity index is 0.914. The van der Waals surface area contributed by atoms with E-state index < -0.39 is 22.5 Å². The maximum absolute atomic E-state index is 8.35.